The van der Waals surface area contributed by atoms with E-state index in [1.54, 1.807) is 0 Å². The summed E-state index contributed by atoms with van der Waals surface area (Å²) in [6.07, 6.45) is 2.67. The second kappa shape index (κ2) is 4.77. The van der Waals surface area contributed by atoms with Crippen LogP contribution in [0.2, 0.25) is 0 Å². The first-order valence-electron chi connectivity index (χ1n) is 5.80. The van der Waals surface area contributed by atoms with E-state index in [9.17, 15) is 0 Å². The van der Waals surface area contributed by atoms with Crippen molar-refractivity contribution in [1.29, 1.82) is 0 Å². The molecule has 2 N–H and O–H groups in total. The van der Waals surface area contributed by atoms with Gasteiger partial charge in [0.1, 0.15) is 0 Å². The van der Waals surface area contributed by atoms with Gasteiger partial charge in [-0.2, -0.15) is 0 Å². The third-order valence-electron chi connectivity index (χ3n) is 3.16. The Kier molecular flexibility index (Phi) is 3.39. The molecular formula is C13H20N2. The Morgan fingerprint density at radius 1 is 1.20 bits per heavy atom. The molecule has 2 rings (SSSR count). The van der Waals surface area contributed by atoms with E-state index in [0.717, 1.165) is 6.54 Å². The second-order valence-electron chi connectivity index (χ2n) is 4.52. The fourth-order valence-electron chi connectivity index (χ4n) is 2.16. The Labute approximate surface area is 92.1 Å². The van der Waals surface area contributed by atoms with Crippen molar-refractivity contribution in [3.8, 4) is 0 Å². The number of nitrogens with two attached hydrogens (primary N) is 1. The lowest BCUT2D eigenvalue weighted by Crippen LogP contribution is -2.29. The Balaban J connectivity index is 1.94. The zero-order valence-electron chi connectivity index (χ0n) is 9.45. The maximum atomic E-state index is 6.18. The van der Waals surface area contributed by atoms with Gasteiger partial charge < -0.3 is 10.6 Å². The van der Waals surface area contributed by atoms with Gasteiger partial charge >= 0.3 is 0 Å². The molecule has 1 aromatic rings. The topological polar surface area (TPSA) is 29.3 Å². The molecule has 0 aliphatic carbocycles. The van der Waals surface area contributed by atoms with Crippen molar-refractivity contribution in [3.05, 3.63) is 35.4 Å². The van der Waals surface area contributed by atoms with E-state index in [0.29, 0.717) is 0 Å². The maximum Gasteiger partial charge on any atom is 0.0424 e. The molecule has 2 nitrogen and oxygen atoms in total. The van der Waals surface area contributed by atoms with Crippen LogP contribution in [0.5, 0.6) is 0 Å². The van der Waals surface area contributed by atoms with Gasteiger partial charge in [0.25, 0.3) is 0 Å². The quantitative estimate of drug-likeness (QED) is 0.817. The molecule has 0 spiro atoms. The largest absolute Gasteiger partial charge is 0.323 e. The van der Waals surface area contributed by atoms with Crippen LogP contribution in [0.15, 0.2) is 24.3 Å². The smallest absolute Gasteiger partial charge is 0.0424 e. The standard InChI is InChI=1S/C13H20N2/c1-11-4-6-12(7-5-11)13(14)10-15-8-2-3-9-15/h4-7,13H,2-3,8-10,14H2,1H3/t13-/m0/s1. The molecule has 1 aliphatic rings. The number of rotatable bonds is 3. The lowest BCUT2D eigenvalue weighted by molar-refractivity contribution is 0.316. The SMILES string of the molecule is Cc1ccc([C@@H](N)CN2CCCC2)cc1. The van der Waals surface area contributed by atoms with E-state index in [2.05, 4.69) is 36.1 Å². The number of hydrogen-bond donors (Lipinski definition) is 1. The van der Waals surface area contributed by atoms with Gasteiger partial charge in [-0.15, -0.1) is 0 Å². The summed E-state index contributed by atoms with van der Waals surface area (Å²) >= 11 is 0. The molecule has 0 saturated carbocycles. The molecule has 2 heteroatoms. The minimum atomic E-state index is 0.170. The normalized spacial score (nSPS) is 19.3. The molecule has 0 unspecified atom stereocenters. The maximum absolute atomic E-state index is 6.18. The fourth-order valence-corrected chi connectivity index (χ4v) is 2.16. The van der Waals surface area contributed by atoms with Gasteiger partial charge in [0, 0.05) is 12.6 Å². The van der Waals surface area contributed by atoms with Gasteiger partial charge in [-0.3, -0.25) is 0 Å². The van der Waals surface area contributed by atoms with E-state index in [4.69, 9.17) is 5.73 Å². The van der Waals surface area contributed by atoms with Crippen LogP contribution in [0.3, 0.4) is 0 Å². The van der Waals surface area contributed by atoms with Crippen LogP contribution in [0.4, 0.5) is 0 Å². The van der Waals surface area contributed by atoms with Gasteiger partial charge in [0.2, 0.25) is 0 Å². The zero-order chi connectivity index (χ0) is 10.7. The third-order valence-corrected chi connectivity index (χ3v) is 3.16. The van der Waals surface area contributed by atoms with Crippen molar-refractivity contribution >= 4 is 0 Å². The minimum Gasteiger partial charge on any atom is -0.323 e. The lowest BCUT2D eigenvalue weighted by Gasteiger charge is -2.20. The molecule has 1 saturated heterocycles. The number of aryl methyl sites for hydroxylation is 1. The van der Waals surface area contributed by atoms with Crippen LogP contribution < -0.4 is 5.73 Å². The van der Waals surface area contributed by atoms with Crippen molar-refractivity contribution in [2.75, 3.05) is 19.6 Å². The molecule has 82 valence electrons. The summed E-state index contributed by atoms with van der Waals surface area (Å²) in [7, 11) is 0. The molecule has 0 amide bonds. The first-order chi connectivity index (χ1) is 7.25. The molecule has 1 aromatic carbocycles. The van der Waals surface area contributed by atoms with Crippen LogP contribution >= 0.6 is 0 Å². The summed E-state index contributed by atoms with van der Waals surface area (Å²) < 4.78 is 0. The number of likely N-dealkylation sites (tertiary alicyclic amines) is 1. The summed E-state index contributed by atoms with van der Waals surface area (Å²) in [6, 6.07) is 8.74. The van der Waals surface area contributed by atoms with Crippen LogP contribution in [0.25, 0.3) is 0 Å². The first-order valence-corrected chi connectivity index (χ1v) is 5.80. The Hall–Kier alpha value is -0.860. The summed E-state index contributed by atoms with van der Waals surface area (Å²) in [6.45, 7) is 5.55. The van der Waals surface area contributed by atoms with Crippen molar-refractivity contribution < 1.29 is 0 Å². The third kappa shape index (κ3) is 2.80. The average molecular weight is 204 g/mol. The van der Waals surface area contributed by atoms with E-state index < -0.39 is 0 Å². The van der Waals surface area contributed by atoms with Gasteiger partial charge in [-0.05, 0) is 38.4 Å². The highest BCUT2D eigenvalue weighted by atomic mass is 15.1. The predicted octanol–water partition coefficient (Wildman–Crippen LogP) is 2.09. The predicted molar refractivity (Wildman–Crippen MR) is 63.8 cm³/mol. The highest BCUT2D eigenvalue weighted by Gasteiger charge is 2.15. The summed E-state index contributed by atoms with van der Waals surface area (Å²) in [5.41, 5.74) is 8.74. The minimum absolute atomic E-state index is 0.170. The number of nitrogens with zero attached hydrogens (tertiary/aromatic N) is 1. The second-order valence-corrected chi connectivity index (χ2v) is 4.52. The molecule has 1 heterocycles. The molecule has 15 heavy (non-hydrogen) atoms. The molecule has 0 aromatic heterocycles. The molecule has 0 radical (unpaired) electrons. The fraction of sp³-hybridized carbons (Fsp3) is 0.538. The van der Waals surface area contributed by atoms with Crippen LogP contribution in [-0.2, 0) is 0 Å². The molecule has 0 bridgehead atoms. The van der Waals surface area contributed by atoms with E-state index >= 15 is 0 Å². The van der Waals surface area contributed by atoms with Crippen LogP contribution in [0, 0.1) is 6.92 Å². The van der Waals surface area contributed by atoms with Gasteiger partial charge in [0.15, 0.2) is 0 Å². The summed E-state index contributed by atoms with van der Waals surface area (Å²) in [5.74, 6) is 0. The van der Waals surface area contributed by atoms with Crippen LogP contribution in [-0.4, -0.2) is 24.5 Å². The van der Waals surface area contributed by atoms with Gasteiger partial charge in [0.05, 0.1) is 0 Å². The average Bonchev–Trinajstić information content (AvgIpc) is 2.71. The van der Waals surface area contributed by atoms with Crippen molar-refractivity contribution in [1.82, 2.24) is 4.90 Å². The zero-order valence-corrected chi connectivity index (χ0v) is 9.45. The van der Waals surface area contributed by atoms with Crippen LogP contribution in [0.1, 0.15) is 30.0 Å². The van der Waals surface area contributed by atoms with Crippen molar-refractivity contribution in [3.63, 3.8) is 0 Å². The number of benzene rings is 1. The molecular weight excluding hydrogens is 184 g/mol. The number of hydrogen-bond acceptors (Lipinski definition) is 2. The van der Waals surface area contributed by atoms with E-state index in [1.165, 1.54) is 37.1 Å². The summed E-state index contributed by atoms with van der Waals surface area (Å²) in [4.78, 5) is 2.46. The highest BCUT2D eigenvalue weighted by molar-refractivity contribution is 5.24. The molecule has 1 aliphatic heterocycles. The van der Waals surface area contributed by atoms with Crippen molar-refractivity contribution in [2.45, 2.75) is 25.8 Å². The van der Waals surface area contributed by atoms with Gasteiger partial charge in [-0.1, -0.05) is 29.8 Å². The monoisotopic (exact) mass is 204 g/mol. The first kappa shape index (κ1) is 10.7. The Morgan fingerprint density at radius 3 is 2.40 bits per heavy atom. The Bertz CT molecular complexity index is 299. The molecule has 1 atom stereocenters. The lowest BCUT2D eigenvalue weighted by atomic mass is 10.1. The van der Waals surface area contributed by atoms with E-state index in [-0.39, 0.29) is 6.04 Å². The van der Waals surface area contributed by atoms with E-state index in [1.807, 2.05) is 0 Å². The van der Waals surface area contributed by atoms with Crippen molar-refractivity contribution in [2.24, 2.45) is 5.73 Å². The highest BCUT2D eigenvalue weighted by Crippen LogP contribution is 2.15. The Morgan fingerprint density at radius 2 is 1.80 bits per heavy atom. The summed E-state index contributed by atoms with van der Waals surface area (Å²) in [5, 5.41) is 0. The molecule has 1 fully saturated rings. The van der Waals surface area contributed by atoms with Gasteiger partial charge in [-0.25, -0.2) is 0 Å².